The molecule has 0 saturated heterocycles. The van der Waals surface area contributed by atoms with Crippen LogP contribution in [0.25, 0.3) is 17.0 Å². The van der Waals surface area contributed by atoms with E-state index in [0.717, 1.165) is 32.2 Å². The van der Waals surface area contributed by atoms with Gasteiger partial charge in [-0.1, -0.05) is 77.0 Å². The summed E-state index contributed by atoms with van der Waals surface area (Å²) < 4.78 is 11.0. The molecule has 6 rings (SSSR count). The van der Waals surface area contributed by atoms with E-state index in [-0.39, 0.29) is 12.2 Å². The van der Waals surface area contributed by atoms with E-state index in [0.29, 0.717) is 33.6 Å². The predicted octanol–water partition coefficient (Wildman–Crippen LogP) is 6.41. The molecule has 0 spiro atoms. The van der Waals surface area contributed by atoms with Crippen molar-refractivity contribution in [3.05, 3.63) is 124 Å². The molecule has 0 radical (unpaired) electrons. The van der Waals surface area contributed by atoms with E-state index >= 15 is 0 Å². The number of hydrogen-bond donors (Lipinski definition) is 0. The number of nitrogens with zero attached hydrogens (tertiary/aromatic N) is 3. The van der Waals surface area contributed by atoms with Gasteiger partial charge in [0.2, 0.25) is 0 Å². The van der Waals surface area contributed by atoms with Crippen LogP contribution in [0.15, 0.2) is 97.8 Å². The SMILES string of the molecule is CCCC1=C(C(=O)OCC)[C@H](c2cccs2)n2c(s/c(=C/c3cn(Cc4ccc(Br)cc4)c4ccccc34)c2=O)=N1. The van der Waals surface area contributed by atoms with Crippen LogP contribution in [0.4, 0.5) is 0 Å². The Balaban J connectivity index is 1.51. The van der Waals surface area contributed by atoms with Crippen LogP contribution in [-0.2, 0) is 16.1 Å². The van der Waals surface area contributed by atoms with E-state index in [1.807, 2.05) is 47.9 Å². The minimum absolute atomic E-state index is 0.158. The summed E-state index contributed by atoms with van der Waals surface area (Å²) >= 11 is 6.41. The number of esters is 1. The van der Waals surface area contributed by atoms with Crippen molar-refractivity contribution in [3.8, 4) is 0 Å². The second-order valence-corrected chi connectivity index (χ2v) is 12.7. The summed E-state index contributed by atoms with van der Waals surface area (Å²) in [6, 6.07) is 19.9. The molecule has 1 aliphatic heterocycles. The highest BCUT2D eigenvalue weighted by molar-refractivity contribution is 9.10. The Labute approximate surface area is 253 Å². The minimum atomic E-state index is -0.562. The molecular weight excluding hydrogens is 618 g/mol. The van der Waals surface area contributed by atoms with Gasteiger partial charge in [0.05, 0.1) is 22.4 Å². The zero-order chi connectivity index (χ0) is 28.5. The summed E-state index contributed by atoms with van der Waals surface area (Å²) in [6.07, 6.45) is 5.52. The van der Waals surface area contributed by atoms with Gasteiger partial charge in [-0.3, -0.25) is 9.36 Å². The lowest BCUT2D eigenvalue weighted by Gasteiger charge is -2.24. The number of benzene rings is 2. The summed E-state index contributed by atoms with van der Waals surface area (Å²) in [4.78, 5) is 33.7. The Kier molecular flexibility index (Phi) is 7.92. The molecule has 0 amide bonds. The van der Waals surface area contributed by atoms with Crippen molar-refractivity contribution in [3.63, 3.8) is 0 Å². The van der Waals surface area contributed by atoms with Crippen LogP contribution in [0.2, 0.25) is 0 Å². The number of fused-ring (bicyclic) bond motifs is 2. The number of rotatable bonds is 8. The topological polar surface area (TPSA) is 65.6 Å². The first-order valence-electron chi connectivity index (χ1n) is 13.6. The standard InChI is InChI=1S/C32H28BrN3O3S2/c1-3-8-24-28(31(38)39-4-2)29(26-11-7-16-40-26)36-30(37)27(41-32(36)34-24)17-21-19-35(25-10-6-5-9-23(21)25)18-20-12-14-22(33)15-13-20/h5-7,9-17,19,29H,3-4,8,18H2,1-2H3/b27-17+/t29-/m0/s1. The van der Waals surface area contributed by atoms with Gasteiger partial charge in [0.15, 0.2) is 4.80 Å². The number of allylic oxidation sites excluding steroid dienone is 1. The molecule has 5 aromatic rings. The molecule has 0 N–H and O–H groups in total. The molecule has 208 valence electrons. The van der Waals surface area contributed by atoms with Crippen LogP contribution >= 0.6 is 38.6 Å². The predicted molar refractivity (Wildman–Crippen MR) is 169 cm³/mol. The van der Waals surface area contributed by atoms with Crippen molar-refractivity contribution in [1.82, 2.24) is 9.13 Å². The van der Waals surface area contributed by atoms with Crippen LogP contribution in [0, 0.1) is 0 Å². The van der Waals surface area contributed by atoms with Crippen molar-refractivity contribution in [2.24, 2.45) is 4.99 Å². The zero-order valence-electron chi connectivity index (χ0n) is 22.7. The first-order valence-corrected chi connectivity index (χ1v) is 16.0. The lowest BCUT2D eigenvalue weighted by Crippen LogP contribution is -2.39. The van der Waals surface area contributed by atoms with Crippen LogP contribution in [-0.4, -0.2) is 21.7 Å². The average Bonchev–Trinajstić information content (AvgIpc) is 3.69. The molecule has 2 aromatic carbocycles. The number of para-hydroxylation sites is 1. The number of thiophene rings is 1. The lowest BCUT2D eigenvalue weighted by atomic mass is 9.99. The summed E-state index contributed by atoms with van der Waals surface area (Å²) in [7, 11) is 0. The quantitative estimate of drug-likeness (QED) is 0.183. The first-order chi connectivity index (χ1) is 20.0. The van der Waals surface area contributed by atoms with Crippen molar-refractivity contribution in [1.29, 1.82) is 0 Å². The van der Waals surface area contributed by atoms with Crippen molar-refractivity contribution < 1.29 is 9.53 Å². The van der Waals surface area contributed by atoms with E-state index in [1.54, 1.807) is 11.5 Å². The summed E-state index contributed by atoms with van der Waals surface area (Å²) in [5.41, 5.74) is 4.25. The van der Waals surface area contributed by atoms with Gasteiger partial charge in [-0.05, 0) is 54.6 Å². The van der Waals surface area contributed by atoms with Gasteiger partial charge in [0, 0.05) is 38.6 Å². The van der Waals surface area contributed by atoms with E-state index in [4.69, 9.17) is 9.73 Å². The maximum atomic E-state index is 14.1. The molecule has 41 heavy (non-hydrogen) atoms. The van der Waals surface area contributed by atoms with Gasteiger partial charge in [0.1, 0.15) is 6.04 Å². The number of halogens is 1. The monoisotopic (exact) mass is 645 g/mol. The zero-order valence-corrected chi connectivity index (χ0v) is 25.9. The van der Waals surface area contributed by atoms with E-state index < -0.39 is 12.0 Å². The Bertz CT molecular complexity index is 1950. The summed E-state index contributed by atoms with van der Waals surface area (Å²) in [6.45, 7) is 4.82. The fourth-order valence-electron chi connectivity index (χ4n) is 5.29. The van der Waals surface area contributed by atoms with Crippen LogP contribution in [0.3, 0.4) is 0 Å². The van der Waals surface area contributed by atoms with Gasteiger partial charge in [-0.15, -0.1) is 11.3 Å². The largest absolute Gasteiger partial charge is 0.463 e. The molecule has 3 aromatic heterocycles. The van der Waals surface area contributed by atoms with Gasteiger partial charge in [-0.25, -0.2) is 9.79 Å². The van der Waals surface area contributed by atoms with Gasteiger partial charge in [-0.2, -0.15) is 0 Å². The lowest BCUT2D eigenvalue weighted by molar-refractivity contribution is -0.139. The second-order valence-electron chi connectivity index (χ2n) is 9.78. The van der Waals surface area contributed by atoms with E-state index in [9.17, 15) is 9.59 Å². The number of ether oxygens (including phenoxy) is 1. The molecule has 6 nitrogen and oxygen atoms in total. The summed E-state index contributed by atoms with van der Waals surface area (Å²) in [5.74, 6) is -0.414. The Hall–Kier alpha value is -3.53. The highest BCUT2D eigenvalue weighted by atomic mass is 79.9. The number of carbonyl (C=O) groups is 1. The smallest absolute Gasteiger partial charge is 0.338 e. The van der Waals surface area contributed by atoms with Gasteiger partial charge >= 0.3 is 5.97 Å². The third-order valence-electron chi connectivity index (χ3n) is 7.08. The number of hydrogen-bond acceptors (Lipinski definition) is 6. The normalized spacial score (nSPS) is 15.3. The second kappa shape index (κ2) is 11.8. The van der Waals surface area contributed by atoms with Crippen LogP contribution in [0.1, 0.15) is 48.7 Å². The number of carbonyl (C=O) groups excluding carboxylic acids is 1. The van der Waals surface area contributed by atoms with Crippen molar-refractivity contribution >= 4 is 61.6 Å². The van der Waals surface area contributed by atoms with Crippen molar-refractivity contribution in [2.75, 3.05) is 6.61 Å². The highest BCUT2D eigenvalue weighted by Crippen LogP contribution is 2.34. The van der Waals surface area contributed by atoms with E-state index in [1.165, 1.54) is 28.2 Å². The Morgan fingerprint density at radius 3 is 2.63 bits per heavy atom. The Morgan fingerprint density at radius 1 is 1.10 bits per heavy atom. The molecule has 4 heterocycles. The molecular formula is C32H28BrN3O3S2. The number of aromatic nitrogens is 2. The maximum absolute atomic E-state index is 14.1. The Morgan fingerprint density at radius 2 is 1.90 bits per heavy atom. The highest BCUT2D eigenvalue weighted by Gasteiger charge is 2.34. The van der Waals surface area contributed by atoms with Crippen LogP contribution < -0.4 is 14.9 Å². The molecule has 0 aliphatic carbocycles. The molecule has 0 unspecified atom stereocenters. The fraction of sp³-hybridized carbons (Fsp3) is 0.219. The maximum Gasteiger partial charge on any atom is 0.338 e. The van der Waals surface area contributed by atoms with Gasteiger partial charge in [0.25, 0.3) is 5.56 Å². The van der Waals surface area contributed by atoms with Gasteiger partial charge < -0.3 is 9.30 Å². The third kappa shape index (κ3) is 5.29. The average molecular weight is 647 g/mol. The molecule has 0 bridgehead atoms. The minimum Gasteiger partial charge on any atom is -0.463 e. The summed E-state index contributed by atoms with van der Waals surface area (Å²) in [5, 5.41) is 3.04. The first kappa shape index (κ1) is 27.6. The fourth-order valence-corrected chi connectivity index (χ4v) is 7.38. The van der Waals surface area contributed by atoms with Crippen molar-refractivity contribution in [2.45, 2.75) is 39.3 Å². The van der Waals surface area contributed by atoms with Crippen LogP contribution in [0.5, 0.6) is 0 Å². The molecule has 1 aliphatic rings. The molecule has 9 heteroatoms. The number of thiazole rings is 1. The van der Waals surface area contributed by atoms with E-state index in [2.05, 4.69) is 57.9 Å². The molecule has 0 fully saturated rings. The third-order valence-corrected chi connectivity index (χ3v) is 9.51. The molecule has 0 saturated carbocycles. The molecule has 1 atom stereocenters.